The lowest BCUT2D eigenvalue weighted by atomic mass is 10.1. The van der Waals surface area contributed by atoms with Crippen LogP contribution in [0.1, 0.15) is 19.2 Å². The highest BCUT2D eigenvalue weighted by molar-refractivity contribution is 6.30. The molecule has 2 heterocycles. The van der Waals surface area contributed by atoms with Crippen molar-refractivity contribution in [3.05, 3.63) is 35.2 Å². The zero-order valence-corrected chi connectivity index (χ0v) is 14.7. The highest BCUT2D eigenvalue weighted by Crippen LogP contribution is 2.21. The number of benzene rings is 1. The van der Waals surface area contributed by atoms with E-state index in [1.165, 1.54) is 0 Å². The van der Waals surface area contributed by atoms with Crippen LogP contribution in [0.4, 0.5) is 0 Å². The maximum Gasteiger partial charge on any atom is 0.241 e. The van der Waals surface area contributed by atoms with Gasteiger partial charge in [-0.2, -0.15) is 4.98 Å². The summed E-state index contributed by atoms with van der Waals surface area (Å²) in [4.78, 5) is 20.3. The summed E-state index contributed by atoms with van der Waals surface area (Å²) in [6, 6.07) is 7.33. The number of halogens is 1. The summed E-state index contributed by atoms with van der Waals surface area (Å²) in [5.41, 5.74) is 0.872. The van der Waals surface area contributed by atoms with Gasteiger partial charge in [-0.15, -0.1) is 0 Å². The summed E-state index contributed by atoms with van der Waals surface area (Å²) in [5.74, 6) is 1.74. The van der Waals surface area contributed by atoms with Gasteiger partial charge in [-0.3, -0.25) is 9.69 Å². The van der Waals surface area contributed by atoms with Crippen molar-refractivity contribution in [3.8, 4) is 11.4 Å². The molecule has 1 aromatic heterocycles. The number of carbonyl (C=O) groups excluding carboxylic acids is 1. The number of hydrogen-bond donors (Lipinski definition) is 0. The fraction of sp³-hybridized carbons (Fsp3) is 0.471. The van der Waals surface area contributed by atoms with Gasteiger partial charge in [-0.05, 0) is 44.2 Å². The Balaban J connectivity index is 1.56. The molecule has 0 radical (unpaired) electrons. The Morgan fingerprint density at radius 3 is 2.79 bits per heavy atom. The molecule has 1 atom stereocenters. The number of amides is 1. The molecule has 6 nitrogen and oxygen atoms in total. The Morgan fingerprint density at radius 2 is 2.12 bits per heavy atom. The van der Waals surface area contributed by atoms with Crippen LogP contribution in [0.15, 0.2) is 28.8 Å². The lowest BCUT2D eigenvalue weighted by Crippen LogP contribution is -2.28. The predicted octanol–water partition coefficient (Wildman–Crippen LogP) is 2.69. The van der Waals surface area contributed by atoms with E-state index in [4.69, 9.17) is 16.1 Å². The van der Waals surface area contributed by atoms with Crippen molar-refractivity contribution in [1.29, 1.82) is 0 Å². The average molecular weight is 349 g/mol. The fourth-order valence-corrected chi connectivity index (χ4v) is 3.18. The second-order valence-electron chi connectivity index (χ2n) is 6.22. The third-order valence-corrected chi connectivity index (χ3v) is 4.47. The minimum absolute atomic E-state index is 0.249. The molecule has 1 amide bonds. The van der Waals surface area contributed by atoms with Crippen LogP contribution in [0.3, 0.4) is 0 Å². The minimum Gasteiger partial charge on any atom is -0.343 e. The van der Waals surface area contributed by atoms with Gasteiger partial charge in [0.15, 0.2) is 0 Å². The molecule has 0 N–H and O–H groups in total. The van der Waals surface area contributed by atoms with Gasteiger partial charge in [-0.25, -0.2) is 0 Å². The molecule has 0 saturated carbocycles. The summed E-state index contributed by atoms with van der Waals surface area (Å²) in [5, 5.41) is 4.70. The van der Waals surface area contributed by atoms with Crippen molar-refractivity contribution in [1.82, 2.24) is 19.9 Å². The van der Waals surface area contributed by atoms with Gasteiger partial charge < -0.3 is 9.42 Å². The number of aromatic nitrogens is 2. The van der Waals surface area contributed by atoms with E-state index in [0.717, 1.165) is 25.2 Å². The van der Waals surface area contributed by atoms with E-state index in [0.29, 0.717) is 35.6 Å². The molecule has 0 aliphatic carbocycles. The highest BCUT2D eigenvalue weighted by Gasteiger charge is 2.29. The lowest BCUT2D eigenvalue weighted by Gasteiger charge is -2.19. The summed E-state index contributed by atoms with van der Waals surface area (Å²) in [7, 11) is 2.01. The maximum absolute atomic E-state index is 11.8. The molecule has 1 aliphatic rings. The minimum atomic E-state index is 0.249. The van der Waals surface area contributed by atoms with Crippen molar-refractivity contribution in [2.75, 3.05) is 26.7 Å². The Morgan fingerprint density at radius 1 is 1.38 bits per heavy atom. The monoisotopic (exact) mass is 348 g/mol. The van der Waals surface area contributed by atoms with Crippen molar-refractivity contribution < 1.29 is 9.32 Å². The van der Waals surface area contributed by atoms with Crippen LogP contribution in [0.25, 0.3) is 11.4 Å². The molecule has 128 valence electrons. The number of carbonyl (C=O) groups is 1. The molecular weight excluding hydrogens is 328 g/mol. The van der Waals surface area contributed by atoms with Gasteiger partial charge in [0, 0.05) is 36.6 Å². The van der Waals surface area contributed by atoms with Crippen LogP contribution in [0.2, 0.25) is 5.02 Å². The van der Waals surface area contributed by atoms with E-state index in [1.54, 1.807) is 12.1 Å². The molecule has 1 aliphatic heterocycles. The second kappa shape index (κ2) is 7.32. The quantitative estimate of drug-likeness (QED) is 0.803. The molecule has 1 fully saturated rings. The first kappa shape index (κ1) is 16.9. The van der Waals surface area contributed by atoms with Crippen LogP contribution in [-0.4, -0.2) is 52.5 Å². The molecule has 1 aromatic carbocycles. The molecule has 2 aromatic rings. The normalized spacial score (nSPS) is 17.9. The average Bonchev–Trinajstić information content (AvgIpc) is 3.14. The van der Waals surface area contributed by atoms with E-state index in [1.807, 2.05) is 31.0 Å². The van der Waals surface area contributed by atoms with Gasteiger partial charge >= 0.3 is 0 Å². The molecule has 0 unspecified atom stereocenters. The molecule has 0 spiro atoms. The van der Waals surface area contributed by atoms with E-state index in [2.05, 4.69) is 15.0 Å². The van der Waals surface area contributed by atoms with E-state index in [-0.39, 0.29) is 5.91 Å². The Labute approximate surface area is 146 Å². The van der Waals surface area contributed by atoms with Crippen LogP contribution in [-0.2, 0) is 11.3 Å². The van der Waals surface area contributed by atoms with Gasteiger partial charge in [0.2, 0.25) is 17.6 Å². The first-order valence-corrected chi connectivity index (χ1v) is 8.47. The topological polar surface area (TPSA) is 62.5 Å². The second-order valence-corrected chi connectivity index (χ2v) is 6.65. The summed E-state index contributed by atoms with van der Waals surface area (Å²) in [6.07, 6.45) is 0.623. The third-order valence-electron chi connectivity index (χ3n) is 4.22. The first-order valence-electron chi connectivity index (χ1n) is 8.10. The number of nitrogens with zero attached hydrogens (tertiary/aromatic N) is 4. The Bertz CT molecular complexity index is 701. The Hall–Kier alpha value is -1.92. The van der Waals surface area contributed by atoms with Crippen LogP contribution >= 0.6 is 11.6 Å². The van der Waals surface area contributed by atoms with E-state index in [9.17, 15) is 4.79 Å². The lowest BCUT2D eigenvalue weighted by molar-refractivity contribution is -0.127. The molecular formula is C17H21ClN4O2. The zero-order chi connectivity index (χ0) is 17.1. The van der Waals surface area contributed by atoms with Crippen molar-refractivity contribution >= 4 is 17.5 Å². The number of hydrogen-bond acceptors (Lipinski definition) is 5. The molecule has 1 saturated heterocycles. The van der Waals surface area contributed by atoms with Crippen LogP contribution in [0.5, 0.6) is 0 Å². The maximum atomic E-state index is 11.8. The molecule has 24 heavy (non-hydrogen) atoms. The zero-order valence-electron chi connectivity index (χ0n) is 13.9. The third kappa shape index (κ3) is 3.94. The van der Waals surface area contributed by atoms with Crippen molar-refractivity contribution in [3.63, 3.8) is 0 Å². The summed E-state index contributed by atoms with van der Waals surface area (Å²) < 4.78 is 5.33. The van der Waals surface area contributed by atoms with Gasteiger partial charge in [0.25, 0.3) is 0 Å². The SMILES string of the molecule is CCN1C[C@H](CN(C)Cc2nc(-c3ccc(Cl)cc3)no2)CC1=O. The Kier molecular flexibility index (Phi) is 5.16. The van der Waals surface area contributed by atoms with Gasteiger partial charge in [-0.1, -0.05) is 16.8 Å². The summed E-state index contributed by atoms with van der Waals surface area (Å²) >= 11 is 5.89. The van der Waals surface area contributed by atoms with Crippen molar-refractivity contribution in [2.45, 2.75) is 19.9 Å². The summed E-state index contributed by atoms with van der Waals surface area (Å²) in [6.45, 7) is 5.03. The van der Waals surface area contributed by atoms with Crippen LogP contribution < -0.4 is 0 Å². The number of likely N-dealkylation sites (tertiary alicyclic amines) is 1. The molecule has 7 heteroatoms. The standard InChI is InChI=1S/C17H21ClN4O2/c1-3-22-10-12(8-16(22)23)9-21(2)11-15-19-17(20-24-15)13-4-6-14(18)7-5-13/h4-7,12H,3,8-11H2,1-2H3/t12-/m0/s1. The first-order chi connectivity index (χ1) is 11.5. The molecule has 3 rings (SSSR count). The van der Waals surface area contributed by atoms with Crippen molar-refractivity contribution in [2.24, 2.45) is 5.92 Å². The van der Waals surface area contributed by atoms with E-state index >= 15 is 0 Å². The van der Waals surface area contributed by atoms with Crippen LogP contribution in [0, 0.1) is 5.92 Å². The van der Waals surface area contributed by atoms with Gasteiger partial charge in [0.1, 0.15) is 0 Å². The van der Waals surface area contributed by atoms with E-state index < -0.39 is 0 Å². The number of rotatable bonds is 6. The predicted molar refractivity (Wildman–Crippen MR) is 91.4 cm³/mol. The largest absolute Gasteiger partial charge is 0.343 e. The fourth-order valence-electron chi connectivity index (χ4n) is 3.05. The smallest absolute Gasteiger partial charge is 0.241 e. The van der Waals surface area contributed by atoms with Gasteiger partial charge in [0.05, 0.1) is 6.54 Å². The molecule has 0 bridgehead atoms. The highest BCUT2D eigenvalue weighted by atomic mass is 35.5.